The van der Waals surface area contributed by atoms with Crippen LogP contribution in [-0.2, 0) is 6.54 Å². The average molecular weight is 275 g/mol. The van der Waals surface area contributed by atoms with Crippen molar-refractivity contribution in [1.29, 1.82) is 0 Å². The number of hydrogen-bond acceptors (Lipinski definition) is 3. The summed E-state index contributed by atoms with van der Waals surface area (Å²) in [6.07, 6.45) is 4.98. The van der Waals surface area contributed by atoms with Crippen LogP contribution in [0.3, 0.4) is 0 Å². The summed E-state index contributed by atoms with van der Waals surface area (Å²) < 4.78 is 0. The Labute approximate surface area is 123 Å². The molecule has 3 heteroatoms. The van der Waals surface area contributed by atoms with Gasteiger partial charge in [0.05, 0.1) is 0 Å². The van der Waals surface area contributed by atoms with Gasteiger partial charge < -0.3 is 10.2 Å². The Kier molecular flexibility index (Phi) is 5.41. The number of aryl methyl sites for hydroxylation is 1. The molecule has 0 saturated carbocycles. The standard InChI is InChI=1S/C17H29N3/c1-5-9-18-12-15-10-13(3)19-17(11-15)20-14(4)7-8-16(20)6-2/h10-11,14,16,18H,5-9,12H2,1-4H3. The molecule has 0 aromatic carbocycles. The minimum Gasteiger partial charge on any atom is -0.351 e. The number of aromatic nitrogens is 1. The van der Waals surface area contributed by atoms with E-state index >= 15 is 0 Å². The molecule has 1 aromatic heterocycles. The second kappa shape index (κ2) is 7.07. The third-order valence-electron chi connectivity index (χ3n) is 4.28. The highest BCUT2D eigenvalue weighted by molar-refractivity contribution is 5.46. The van der Waals surface area contributed by atoms with Gasteiger partial charge in [-0.2, -0.15) is 0 Å². The van der Waals surface area contributed by atoms with Crippen molar-refractivity contribution in [3.05, 3.63) is 23.4 Å². The lowest BCUT2D eigenvalue weighted by molar-refractivity contribution is 0.618. The van der Waals surface area contributed by atoms with Gasteiger partial charge in [0, 0.05) is 24.3 Å². The van der Waals surface area contributed by atoms with Gasteiger partial charge in [-0.3, -0.25) is 0 Å². The first-order chi connectivity index (χ1) is 9.65. The topological polar surface area (TPSA) is 28.2 Å². The van der Waals surface area contributed by atoms with Gasteiger partial charge in [0.2, 0.25) is 0 Å². The van der Waals surface area contributed by atoms with Crippen molar-refractivity contribution in [2.24, 2.45) is 0 Å². The molecule has 0 amide bonds. The van der Waals surface area contributed by atoms with E-state index in [-0.39, 0.29) is 0 Å². The number of anilines is 1. The van der Waals surface area contributed by atoms with Crippen molar-refractivity contribution in [3.8, 4) is 0 Å². The van der Waals surface area contributed by atoms with Crippen molar-refractivity contribution < 1.29 is 0 Å². The maximum atomic E-state index is 4.79. The number of nitrogens with one attached hydrogen (secondary N) is 1. The number of pyridine rings is 1. The van der Waals surface area contributed by atoms with Crippen LogP contribution in [0, 0.1) is 6.92 Å². The van der Waals surface area contributed by atoms with E-state index in [1.807, 2.05) is 0 Å². The second-order valence-electron chi connectivity index (χ2n) is 6.05. The predicted molar refractivity (Wildman–Crippen MR) is 86.2 cm³/mol. The Hall–Kier alpha value is -1.09. The fraction of sp³-hybridized carbons (Fsp3) is 0.706. The fourth-order valence-electron chi connectivity index (χ4n) is 3.25. The first kappa shape index (κ1) is 15.3. The zero-order valence-corrected chi connectivity index (χ0v) is 13.4. The van der Waals surface area contributed by atoms with E-state index in [1.165, 1.54) is 37.1 Å². The van der Waals surface area contributed by atoms with Crippen LogP contribution in [0.4, 0.5) is 5.82 Å². The number of nitrogens with zero attached hydrogens (tertiary/aromatic N) is 2. The van der Waals surface area contributed by atoms with Gasteiger partial charge >= 0.3 is 0 Å². The van der Waals surface area contributed by atoms with Crippen molar-refractivity contribution in [1.82, 2.24) is 10.3 Å². The highest BCUT2D eigenvalue weighted by atomic mass is 15.3. The quantitative estimate of drug-likeness (QED) is 0.803. The molecule has 0 aliphatic carbocycles. The van der Waals surface area contributed by atoms with E-state index in [0.717, 1.165) is 18.8 Å². The van der Waals surface area contributed by atoms with Crippen LogP contribution in [0.1, 0.15) is 57.7 Å². The summed E-state index contributed by atoms with van der Waals surface area (Å²) in [5, 5.41) is 3.49. The first-order valence-corrected chi connectivity index (χ1v) is 8.12. The van der Waals surface area contributed by atoms with Crippen LogP contribution in [0.2, 0.25) is 0 Å². The molecule has 20 heavy (non-hydrogen) atoms. The van der Waals surface area contributed by atoms with Crippen molar-refractivity contribution in [2.45, 2.75) is 72.0 Å². The summed E-state index contributed by atoms with van der Waals surface area (Å²) in [7, 11) is 0. The van der Waals surface area contributed by atoms with E-state index in [1.54, 1.807) is 0 Å². The molecule has 2 rings (SSSR count). The molecule has 1 N–H and O–H groups in total. The summed E-state index contributed by atoms with van der Waals surface area (Å²) in [5.74, 6) is 1.18. The maximum absolute atomic E-state index is 4.79. The van der Waals surface area contributed by atoms with Crippen LogP contribution >= 0.6 is 0 Å². The van der Waals surface area contributed by atoms with Crippen LogP contribution in [0.15, 0.2) is 12.1 Å². The summed E-state index contributed by atoms with van der Waals surface area (Å²) in [4.78, 5) is 7.33. The van der Waals surface area contributed by atoms with Crippen molar-refractivity contribution >= 4 is 5.82 Å². The molecule has 0 spiro atoms. The Morgan fingerprint density at radius 2 is 2.10 bits per heavy atom. The van der Waals surface area contributed by atoms with Gasteiger partial charge in [-0.25, -0.2) is 4.98 Å². The Morgan fingerprint density at radius 3 is 2.80 bits per heavy atom. The lowest BCUT2D eigenvalue weighted by Gasteiger charge is -2.29. The molecule has 2 unspecified atom stereocenters. The fourth-order valence-corrected chi connectivity index (χ4v) is 3.25. The molecular formula is C17H29N3. The highest BCUT2D eigenvalue weighted by Crippen LogP contribution is 2.31. The largest absolute Gasteiger partial charge is 0.351 e. The van der Waals surface area contributed by atoms with Gasteiger partial charge in [0.1, 0.15) is 5.82 Å². The van der Waals surface area contributed by atoms with Crippen LogP contribution < -0.4 is 10.2 Å². The van der Waals surface area contributed by atoms with Gasteiger partial charge in [-0.15, -0.1) is 0 Å². The Bertz CT molecular complexity index is 430. The predicted octanol–water partition coefficient (Wildman–Crippen LogP) is 3.66. The molecule has 0 radical (unpaired) electrons. The van der Waals surface area contributed by atoms with E-state index in [0.29, 0.717) is 12.1 Å². The monoisotopic (exact) mass is 275 g/mol. The zero-order valence-electron chi connectivity index (χ0n) is 13.4. The molecule has 0 bridgehead atoms. The lowest BCUT2D eigenvalue weighted by atomic mass is 10.1. The molecule has 1 fully saturated rings. The molecule has 1 aliphatic rings. The molecular weight excluding hydrogens is 246 g/mol. The second-order valence-corrected chi connectivity index (χ2v) is 6.05. The third kappa shape index (κ3) is 3.51. The van der Waals surface area contributed by atoms with Crippen LogP contribution in [-0.4, -0.2) is 23.6 Å². The normalized spacial score (nSPS) is 22.5. The SMILES string of the molecule is CCCNCc1cc(C)nc(N2C(C)CCC2CC)c1. The molecule has 3 nitrogen and oxygen atoms in total. The third-order valence-corrected chi connectivity index (χ3v) is 4.28. The van der Waals surface area contributed by atoms with Gasteiger partial charge in [0.15, 0.2) is 0 Å². The zero-order chi connectivity index (χ0) is 14.5. The minimum absolute atomic E-state index is 0.616. The summed E-state index contributed by atoms with van der Waals surface area (Å²) in [6, 6.07) is 5.76. The number of rotatable bonds is 6. The summed E-state index contributed by atoms with van der Waals surface area (Å²) in [6.45, 7) is 10.9. The summed E-state index contributed by atoms with van der Waals surface area (Å²) in [5.41, 5.74) is 2.49. The van der Waals surface area contributed by atoms with E-state index in [9.17, 15) is 0 Å². The van der Waals surface area contributed by atoms with Gasteiger partial charge in [-0.05, 0) is 63.8 Å². The van der Waals surface area contributed by atoms with Gasteiger partial charge in [-0.1, -0.05) is 13.8 Å². The van der Waals surface area contributed by atoms with Crippen LogP contribution in [0.25, 0.3) is 0 Å². The Balaban J connectivity index is 2.18. The molecule has 112 valence electrons. The molecule has 1 aliphatic heterocycles. The smallest absolute Gasteiger partial charge is 0.129 e. The van der Waals surface area contributed by atoms with E-state index in [4.69, 9.17) is 4.98 Å². The average Bonchev–Trinajstić information content (AvgIpc) is 2.79. The maximum Gasteiger partial charge on any atom is 0.129 e. The lowest BCUT2D eigenvalue weighted by Crippen LogP contribution is -2.35. The van der Waals surface area contributed by atoms with Gasteiger partial charge in [0.25, 0.3) is 0 Å². The molecule has 1 saturated heterocycles. The first-order valence-electron chi connectivity index (χ1n) is 8.12. The summed E-state index contributed by atoms with van der Waals surface area (Å²) >= 11 is 0. The number of hydrogen-bond donors (Lipinski definition) is 1. The molecule has 2 heterocycles. The van der Waals surface area contributed by atoms with E-state index in [2.05, 4.69) is 50.0 Å². The van der Waals surface area contributed by atoms with E-state index < -0.39 is 0 Å². The van der Waals surface area contributed by atoms with Crippen molar-refractivity contribution in [2.75, 3.05) is 11.4 Å². The van der Waals surface area contributed by atoms with Crippen molar-refractivity contribution in [3.63, 3.8) is 0 Å². The van der Waals surface area contributed by atoms with Crippen LogP contribution in [0.5, 0.6) is 0 Å². The Morgan fingerprint density at radius 1 is 1.30 bits per heavy atom. The molecule has 2 atom stereocenters. The minimum atomic E-state index is 0.616. The highest BCUT2D eigenvalue weighted by Gasteiger charge is 2.30. The molecule has 1 aromatic rings.